The monoisotopic (exact) mass is 283 g/mol. The predicted octanol–water partition coefficient (Wildman–Crippen LogP) is 2.50. The van der Waals surface area contributed by atoms with Crippen LogP contribution in [-0.4, -0.2) is 21.2 Å². The summed E-state index contributed by atoms with van der Waals surface area (Å²) in [6.45, 7) is 6.39. The van der Waals surface area contributed by atoms with Gasteiger partial charge in [-0.1, -0.05) is 12.1 Å². The molecule has 2 heterocycles. The van der Waals surface area contributed by atoms with Crippen molar-refractivity contribution in [2.45, 2.75) is 33.4 Å². The molecule has 1 aliphatic rings. The van der Waals surface area contributed by atoms with E-state index in [-0.39, 0.29) is 6.04 Å². The van der Waals surface area contributed by atoms with E-state index >= 15 is 0 Å². The molecule has 0 N–H and O–H groups in total. The lowest BCUT2D eigenvalue weighted by Gasteiger charge is -2.20. The number of amides is 1. The van der Waals surface area contributed by atoms with Crippen LogP contribution in [-0.2, 0) is 11.3 Å². The number of rotatable bonds is 3. The van der Waals surface area contributed by atoms with E-state index in [1.165, 1.54) is 0 Å². The highest BCUT2D eigenvalue weighted by atomic mass is 16.2. The van der Waals surface area contributed by atoms with E-state index in [1.807, 2.05) is 17.6 Å². The molecule has 0 saturated heterocycles. The van der Waals surface area contributed by atoms with Crippen LogP contribution in [0.25, 0.3) is 0 Å². The summed E-state index contributed by atoms with van der Waals surface area (Å²) in [7, 11) is 0. The van der Waals surface area contributed by atoms with E-state index in [9.17, 15) is 9.59 Å². The van der Waals surface area contributed by atoms with Gasteiger partial charge in [-0.3, -0.25) is 14.5 Å². The number of para-hydroxylation sites is 1. The van der Waals surface area contributed by atoms with Gasteiger partial charge in [0.05, 0.1) is 29.8 Å². The largest absolute Gasteiger partial charge is 0.330 e. The van der Waals surface area contributed by atoms with Crippen molar-refractivity contribution in [1.82, 2.24) is 9.55 Å². The number of carbonyl (C=O) groups is 2. The van der Waals surface area contributed by atoms with Gasteiger partial charge in [0.15, 0.2) is 0 Å². The number of anilines is 1. The average molecular weight is 283 g/mol. The molecule has 1 amide bonds. The molecule has 0 fully saturated rings. The molecule has 1 aromatic heterocycles. The molecule has 0 spiro atoms. The molecule has 3 rings (SSSR count). The van der Waals surface area contributed by atoms with Gasteiger partial charge in [-0.2, -0.15) is 0 Å². The molecule has 1 aromatic carbocycles. The van der Waals surface area contributed by atoms with Crippen LogP contribution in [0.2, 0.25) is 0 Å². The maximum absolute atomic E-state index is 12.3. The fourth-order valence-electron chi connectivity index (χ4n) is 2.77. The first-order valence-corrected chi connectivity index (χ1v) is 6.97. The molecule has 21 heavy (non-hydrogen) atoms. The van der Waals surface area contributed by atoms with Crippen LogP contribution in [0.4, 0.5) is 5.69 Å². The van der Waals surface area contributed by atoms with E-state index in [2.05, 4.69) is 18.8 Å². The second-order valence-electron chi connectivity index (χ2n) is 5.58. The Kier molecular flexibility index (Phi) is 3.12. The first kappa shape index (κ1) is 13.5. The number of imidazole rings is 1. The fourth-order valence-corrected chi connectivity index (χ4v) is 2.77. The second-order valence-corrected chi connectivity index (χ2v) is 5.58. The molecule has 1 aliphatic heterocycles. The number of ketones is 1. The Labute approximate surface area is 123 Å². The zero-order chi connectivity index (χ0) is 15.1. The summed E-state index contributed by atoms with van der Waals surface area (Å²) in [6, 6.07) is 5.69. The Morgan fingerprint density at radius 3 is 2.71 bits per heavy atom. The van der Waals surface area contributed by atoms with Crippen LogP contribution in [0.3, 0.4) is 0 Å². The number of hydrogen-bond acceptors (Lipinski definition) is 3. The van der Waals surface area contributed by atoms with E-state index in [0.29, 0.717) is 12.1 Å². The number of aryl methyl sites for hydroxylation is 1. The minimum atomic E-state index is -0.462. The lowest BCUT2D eigenvalue weighted by molar-refractivity contribution is -0.114. The van der Waals surface area contributed by atoms with Crippen molar-refractivity contribution < 1.29 is 9.59 Å². The zero-order valence-corrected chi connectivity index (χ0v) is 12.3. The van der Waals surface area contributed by atoms with Gasteiger partial charge in [0.2, 0.25) is 0 Å². The molecule has 0 atom stereocenters. The molecule has 0 radical (unpaired) electrons. The summed E-state index contributed by atoms with van der Waals surface area (Å²) in [5.74, 6) is -0.889. The Hall–Kier alpha value is -2.43. The number of nitrogens with zero attached hydrogens (tertiary/aromatic N) is 3. The number of Topliss-reactive ketones (excluding diaryl/α,β-unsaturated/α-hetero) is 1. The molecular weight excluding hydrogens is 266 g/mol. The Balaban J connectivity index is 2.03. The number of fused-ring (bicyclic) bond motifs is 1. The number of hydrogen-bond donors (Lipinski definition) is 0. The molecule has 5 nitrogen and oxygen atoms in total. The summed E-state index contributed by atoms with van der Waals surface area (Å²) in [5.41, 5.74) is 3.07. The van der Waals surface area contributed by atoms with E-state index in [1.54, 1.807) is 29.6 Å². The van der Waals surface area contributed by atoms with Crippen LogP contribution < -0.4 is 4.90 Å². The van der Waals surface area contributed by atoms with Crippen molar-refractivity contribution in [1.29, 1.82) is 0 Å². The highest BCUT2D eigenvalue weighted by molar-refractivity contribution is 6.52. The molecule has 5 heteroatoms. The Morgan fingerprint density at radius 1 is 1.24 bits per heavy atom. The summed E-state index contributed by atoms with van der Waals surface area (Å²) in [4.78, 5) is 30.1. The standard InChI is InChI=1S/C16H17N3O2/c1-10(2)19-9-17-7-12(19)8-18-14-11(3)5-4-6-13(14)15(20)16(18)21/h4-7,9-10H,8H2,1-3H3. The van der Waals surface area contributed by atoms with Gasteiger partial charge in [0.1, 0.15) is 0 Å². The molecule has 0 aliphatic carbocycles. The molecule has 2 aromatic rings. The van der Waals surface area contributed by atoms with E-state index < -0.39 is 11.7 Å². The second kappa shape index (κ2) is 4.84. The van der Waals surface area contributed by atoms with Gasteiger partial charge in [-0.05, 0) is 32.4 Å². The highest BCUT2D eigenvalue weighted by Crippen LogP contribution is 2.33. The van der Waals surface area contributed by atoms with Crippen LogP contribution in [0.15, 0.2) is 30.7 Å². The molecular formula is C16H17N3O2. The average Bonchev–Trinajstić information content (AvgIpc) is 2.99. The third-order valence-electron chi connectivity index (χ3n) is 3.81. The van der Waals surface area contributed by atoms with Crippen LogP contribution >= 0.6 is 0 Å². The third kappa shape index (κ3) is 2.05. The van der Waals surface area contributed by atoms with Crippen LogP contribution in [0.5, 0.6) is 0 Å². The third-order valence-corrected chi connectivity index (χ3v) is 3.81. The van der Waals surface area contributed by atoms with Crippen molar-refractivity contribution in [2.24, 2.45) is 0 Å². The van der Waals surface area contributed by atoms with E-state index in [0.717, 1.165) is 16.9 Å². The van der Waals surface area contributed by atoms with Gasteiger partial charge >= 0.3 is 0 Å². The summed E-state index contributed by atoms with van der Waals surface area (Å²) in [5, 5.41) is 0. The number of benzene rings is 1. The van der Waals surface area contributed by atoms with Gasteiger partial charge in [0, 0.05) is 12.2 Å². The van der Waals surface area contributed by atoms with Gasteiger partial charge in [0.25, 0.3) is 11.7 Å². The van der Waals surface area contributed by atoms with Gasteiger partial charge in [-0.25, -0.2) is 4.98 Å². The van der Waals surface area contributed by atoms with Crippen molar-refractivity contribution in [3.05, 3.63) is 47.5 Å². The Morgan fingerprint density at radius 2 is 2.00 bits per heavy atom. The van der Waals surface area contributed by atoms with Crippen molar-refractivity contribution >= 4 is 17.4 Å². The normalized spacial score (nSPS) is 14.2. The number of carbonyl (C=O) groups excluding carboxylic acids is 2. The minimum Gasteiger partial charge on any atom is -0.330 e. The summed E-state index contributed by atoms with van der Waals surface area (Å²) in [6.07, 6.45) is 3.50. The topological polar surface area (TPSA) is 55.2 Å². The summed E-state index contributed by atoms with van der Waals surface area (Å²) < 4.78 is 2.01. The Bertz CT molecular complexity index is 731. The number of aromatic nitrogens is 2. The highest BCUT2D eigenvalue weighted by Gasteiger charge is 2.37. The fraction of sp³-hybridized carbons (Fsp3) is 0.312. The molecule has 0 saturated carbocycles. The van der Waals surface area contributed by atoms with Crippen molar-refractivity contribution in [3.8, 4) is 0 Å². The smallest absolute Gasteiger partial charge is 0.299 e. The van der Waals surface area contributed by atoms with Crippen LogP contribution in [0.1, 0.15) is 41.5 Å². The zero-order valence-electron chi connectivity index (χ0n) is 12.3. The van der Waals surface area contributed by atoms with E-state index in [4.69, 9.17) is 0 Å². The first-order chi connectivity index (χ1) is 10.0. The predicted molar refractivity (Wildman–Crippen MR) is 79.3 cm³/mol. The maximum atomic E-state index is 12.3. The molecule has 0 bridgehead atoms. The van der Waals surface area contributed by atoms with Crippen molar-refractivity contribution in [2.75, 3.05) is 4.90 Å². The first-order valence-electron chi connectivity index (χ1n) is 6.97. The van der Waals surface area contributed by atoms with Crippen molar-refractivity contribution in [3.63, 3.8) is 0 Å². The molecule has 108 valence electrons. The van der Waals surface area contributed by atoms with Crippen LogP contribution in [0, 0.1) is 6.92 Å². The van der Waals surface area contributed by atoms with Gasteiger partial charge < -0.3 is 4.57 Å². The lowest BCUT2D eigenvalue weighted by atomic mass is 10.1. The molecule has 0 unspecified atom stereocenters. The lowest BCUT2D eigenvalue weighted by Crippen LogP contribution is -2.30. The maximum Gasteiger partial charge on any atom is 0.299 e. The van der Waals surface area contributed by atoms with Gasteiger partial charge in [-0.15, -0.1) is 0 Å². The summed E-state index contributed by atoms with van der Waals surface area (Å²) >= 11 is 0. The quantitative estimate of drug-likeness (QED) is 0.813. The minimum absolute atomic E-state index is 0.257. The SMILES string of the molecule is Cc1cccc2c1N(Cc1cncn1C(C)C)C(=O)C2=O.